The van der Waals surface area contributed by atoms with E-state index in [2.05, 4.69) is 0 Å². The molecule has 2 rings (SSSR count). The zero-order valence-electron chi connectivity index (χ0n) is 11.2. The zero-order valence-corrected chi connectivity index (χ0v) is 11.2. The van der Waals surface area contributed by atoms with E-state index in [9.17, 15) is 8.78 Å². The maximum absolute atomic E-state index is 14.1. The van der Waals surface area contributed by atoms with Crippen LogP contribution in [0.2, 0.25) is 0 Å². The van der Waals surface area contributed by atoms with Crippen molar-refractivity contribution in [2.45, 2.75) is 26.9 Å². The molecule has 3 heteroatoms. The first-order valence-corrected chi connectivity index (χ1v) is 6.10. The summed E-state index contributed by atoms with van der Waals surface area (Å²) in [5, 5.41) is 0. The first-order valence-electron chi connectivity index (χ1n) is 6.10. The average molecular weight is 262 g/mol. The molecular weight excluding hydrogens is 246 g/mol. The first kappa shape index (κ1) is 13.5. The number of aryl methyl sites for hydroxylation is 3. The van der Waals surface area contributed by atoms with Crippen molar-refractivity contribution < 1.29 is 13.5 Å². The second-order valence-electron chi connectivity index (χ2n) is 4.75. The number of hydrogen-bond donors (Lipinski definition) is 0. The zero-order chi connectivity index (χ0) is 14.0. The van der Waals surface area contributed by atoms with E-state index in [0.717, 1.165) is 11.1 Å². The van der Waals surface area contributed by atoms with Crippen molar-refractivity contribution in [3.05, 3.63) is 64.7 Å². The number of ether oxygens (including phenoxy) is 1. The van der Waals surface area contributed by atoms with E-state index >= 15 is 0 Å². The summed E-state index contributed by atoms with van der Waals surface area (Å²) in [5.74, 6) is 0.163. The topological polar surface area (TPSA) is 9.23 Å². The van der Waals surface area contributed by atoms with Crippen molar-refractivity contribution in [3.63, 3.8) is 0 Å². The molecule has 0 spiro atoms. The molecule has 0 fully saturated rings. The molecule has 19 heavy (non-hydrogen) atoms. The van der Waals surface area contributed by atoms with Gasteiger partial charge in [-0.1, -0.05) is 35.4 Å². The van der Waals surface area contributed by atoms with Crippen LogP contribution in [0, 0.1) is 20.8 Å². The van der Waals surface area contributed by atoms with Crippen LogP contribution in [-0.4, -0.2) is 0 Å². The summed E-state index contributed by atoms with van der Waals surface area (Å²) in [4.78, 5) is 0. The highest BCUT2D eigenvalue weighted by Gasteiger charge is 2.35. The Hall–Kier alpha value is -1.90. The molecule has 0 saturated heterocycles. The van der Waals surface area contributed by atoms with Gasteiger partial charge >= 0.3 is 6.11 Å². The predicted octanol–water partition coefficient (Wildman–Crippen LogP) is 4.74. The van der Waals surface area contributed by atoms with Crippen molar-refractivity contribution in [1.82, 2.24) is 0 Å². The summed E-state index contributed by atoms with van der Waals surface area (Å²) in [5.41, 5.74) is 2.38. The Balaban J connectivity index is 2.29. The molecule has 0 N–H and O–H groups in total. The molecule has 0 aromatic heterocycles. The fourth-order valence-corrected chi connectivity index (χ4v) is 1.95. The fourth-order valence-electron chi connectivity index (χ4n) is 1.95. The van der Waals surface area contributed by atoms with Crippen LogP contribution in [-0.2, 0) is 6.11 Å². The van der Waals surface area contributed by atoms with E-state index in [-0.39, 0.29) is 11.3 Å². The van der Waals surface area contributed by atoms with Crippen LogP contribution < -0.4 is 4.74 Å². The van der Waals surface area contributed by atoms with Gasteiger partial charge in [0.25, 0.3) is 0 Å². The second kappa shape index (κ2) is 5.00. The molecule has 0 atom stereocenters. The van der Waals surface area contributed by atoms with E-state index in [0.29, 0.717) is 5.56 Å². The Bertz CT molecular complexity index is 574. The van der Waals surface area contributed by atoms with Gasteiger partial charge in [-0.25, -0.2) is 0 Å². The molecule has 100 valence electrons. The third kappa shape index (κ3) is 3.11. The second-order valence-corrected chi connectivity index (χ2v) is 4.75. The van der Waals surface area contributed by atoms with Gasteiger partial charge in [-0.15, -0.1) is 0 Å². The number of halogens is 2. The van der Waals surface area contributed by atoms with E-state index in [1.54, 1.807) is 43.3 Å². The lowest BCUT2D eigenvalue weighted by Crippen LogP contribution is -2.23. The quantitative estimate of drug-likeness (QED) is 0.776. The molecule has 2 aromatic rings. The minimum atomic E-state index is -3.33. The molecule has 0 bridgehead atoms. The molecule has 0 radical (unpaired) electrons. The third-order valence-corrected chi connectivity index (χ3v) is 2.96. The summed E-state index contributed by atoms with van der Waals surface area (Å²) >= 11 is 0. The Labute approximate surface area is 111 Å². The Morgan fingerprint density at radius 1 is 0.842 bits per heavy atom. The molecule has 0 aliphatic rings. The number of hydrogen-bond acceptors (Lipinski definition) is 1. The van der Waals surface area contributed by atoms with Crippen molar-refractivity contribution in [2.75, 3.05) is 0 Å². The largest absolute Gasteiger partial charge is 0.429 e. The van der Waals surface area contributed by atoms with E-state index in [4.69, 9.17) is 4.74 Å². The van der Waals surface area contributed by atoms with Gasteiger partial charge in [0.2, 0.25) is 0 Å². The number of benzene rings is 2. The maximum Gasteiger partial charge on any atom is 0.426 e. The van der Waals surface area contributed by atoms with Crippen LogP contribution in [0.5, 0.6) is 5.75 Å². The molecule has 0 aliphatic heterocycles. The molecule has 0 saturated carbocycles. The first-order chi connectivity index (χ1) is 8.88. The van der Waals surface area contributed by atoms with Gasteiger partial charge in [0.15, 0.2) is 0 Å². The summed E-state index contributed by atoms with van der Waals surface area (Å²) in [6, 6.07) is 11.4. The lowest BCUT2D eigenvalue weighted by Gasteiger charge is -2.20. The maximum atomic E-state index is 14.1. The lowest BCUT2D eigenvalue weighted by atomic mass is 10.1. The average Bonchev–Trinajstić information content (AvgIpc) is 2.31. The van der Waals surface area contributed by atoms with Crippen molar-refractivity contribution in [3.8, 4) is 5.75 Å². The summed E-state index contributed by atoms with van der Waals surface area (Å²) < 4.78 is 33.1. The van der Waals surface area contributed by atoms with E-state index < -0.39 is 6.11 Å². The Morgan fingerprint density at radius 2 is 1.42 bits per heavy atom. The minimum absolute atomic E-state index is 0.0984. The highest BCUT2D eigenvalue weighted by molar-refractivity contribution is 5.34. The van der Waals surface area contributed by atoms with E-state index in [1.165, 1.54) is 6.07 Å². The third-order valence-electron chi connectivity index (χ3n) is 2.96. The summed E-state index contributed by atoms with van der Waals surface area (Å²) in [7, 11) is 0. The molecule has 1 nitrogen and oxygen atoms in total. The van der Waals surface area contributed by atoms with Gasteiger partial charge in [-0.05, 0) is 44.5 Å². The molecule has 0 aliphatic carbocycles. The summed E-state index contributed by atoms with van der Waals surface area (Å²) in [6.45, 7) is 5.43. The minimum Gasteiger partial charge on any atom is -0.429 e. The van der Waals surface area contributed by atoms with Gasteiger partial charge in [-0.2, -0.15) is 8.78 Å². The van der Waals surface area contributed by atoms with Crippen LogP contribution >= 0.6 is 0 Å². The smallest absolute Gasteiger partial charge is 0.426 e. The Kier molecular flexibility index (Phi) is 3.56. The van der Waals surface area contributed by atoms with Gasteiger partial charge in [-0.3, -0.25) is 0 Å². The molecule has 2 aromatic carbocycles. The van der Waals surface area contributed by atoms with Crippen LogP contribution in [0.4, 0.5) is 8.78 Å². The van der Waals surface area contributed by atoms with Gasteiger partial charge in [0.05, 0.1) is 5.56 Å². The highest BCUT2D eigenvalue weighted by Crippen LogP contribution is 2.33. The van der Waals surface area contributed by atoms with Crippen LogP contribution in [0.1, 0.15) is 22.3 Å². The van der Waals surface area contributed by atoms with Crippen LogP contribution in [0.3, 0.4) is 0 Å². The normalized spacial score (nSPS) is 11.4. The highest BCUT2D eigenvalue weighted by atomic mass is 19.3. The van der Waals surface area contributed by atoms with Crippen LogP contribution in [0.25, 0.3) is 0 Å². The van der Waals surface area contributed by atoms with E-state index in [1.807, 2.05) is 13.8 Å². The fraction of sp³-hybridized carbons (Fsp3) is 0.250. The Morgan fingerprint density at radius 3 is 2.00 bits per heavy atom. The van der Waals surface area contributed by atoms with Gasteiger partial charge < -0.3 is 4.74 Å². The predicted molar refractivity (Wildman–Crippen MR) is 71.6 cm³/mol. The van der Waals surface area contributed by atoms with Gasteiger partial charge in [0.1, 0.15) is 5.75 Å². The van der Waals surface area contributed by atoms with Crippen LogP contribution in [0.15, 0.2) is 42.5 Å². The van der Waals surface area contributed by atoms with Gasteiger partial charge in [0, 0.05) is 0 Å². The van der Waals surface area contributed by atoms with Crippen molar-refractivity contribution in [1.29, 1.82) is 0 Å². The standard InChI is InChI=1S/C16H16F2O/c1-11-4-7-14(8-5-11)19-16(17,18)15-9-6-12(2)10-13(15)3/h4-10H,1-3H3. The van der Waals surface area contributed by atoms with Crippen molar-refractivity contribution in [2.24, 2.45) is 0 Å². The number of alkyl halides is 2. The van der Waals surface area contributed by atoms with Crippen molar-refractivity contribution >= 4 is 0 Å². The molecular formula is C16H16F2O. The lowest BCUT2D eigenvalue weighted by molar-refractivity contribution is -0.185. The summed E-state index contributed by atoms with van der Waals surface area (Å²) in [6.07, 6.45) is -3.33. The number of rotatable bonds is 3. The molecule has 0 unspecified atom stereocenters. The monoisotopic (exact) mass is 262 g/mol. The molecule has 0 amide bonds. The molecule has 0 heterocycles. The SMILES string of the molecule is Cc1ccc(OC(F)(F)c2ccc(C)cc2C)cc1.